The number of benzene rings is 1. The Balaban J connectivity index is 2.81. The molecule has 0 fully saturated rings. The SMILES string of the molecule is C/C=C\c1ccc(NCC(OC)C(O)C(O)C(O)O)cc1OC=O. The van der Waals surface area contributed by atoms with Gasteiger partial charge in [0.1, 0.15) is 24.1 Å². The molecule has 3 atom stereocenters. The van der Waals surface area contributed by atoms with E-state index >= 15 is 0 Å². The van der Waals surface area contributed by atoms with Crippen molar-refractivity contribution in [3.8, 4) is 5.75 Å². The van der Waals surface area contributed by atoms with Gasteiger partial charge in [-0.2, -0.15) is 0 Å². The van der Waals surface area contributed by atoms with Crippen molar-refractivity contribution in [2.45, 2.75) is 31.5 Å². The molecule has 0 amide bonds. The Hall–Kier alpha value is -1.97. The van der Waals surface area contributed by atoms with Gasteiger partial charge in [0, 0.05) is 31.0 Å². The second kappa shape index (κ2) is 10.0. The highest BCUT2D eigenvalue weighted by Gasteiger charge is 2.30. The van der Waals surface area contributed by atoms with Crippen LogP contribution >= 0.6 is 0 Å². The lowest BCUT2D eigenvalue weighted by Gasteiger charge is -2.27. The molecule has 8 heteroatoms. The van der Waals surface area contributed by atoms with Crippen molar-refractivity contribution in [1.29, 1.82) is 0 Å². The monoisotopic (exact) mass is 341 g/mol. The number of aliphatic hydroxyl groups excluding tert-OH is 3. The topological polar surface area (TPSA) is 128 Å². The van der Waals surface area contributed by atoms with Crippen LogP contribution in [-0.2, 0) is 9.53 Å². The molecule has 24 heavy (non-hydrogen) atoms. The summed E-state index contributed by atoms with van der Waals surface area (Å²) >= 11 is 0. The van der Waals surface area contributed by atoms with Gasteiger partial charge in [-0.3, -0.25) is 4.79 Å². The number of nitrogens with one attached hydrogen (secondary N) is 1. The molecule has 5 N–H and O–H groups in total. The minimum absolute atomic E-state index is 0.0743. The Morgan fingerprint density at radius 2 is 1.92 bits per heavy atom. The number of hydrogen-bond donors (Lipinski definition) is 5. The molecule has 0 aliphatic rings. The first-order valence-electron chi connectivity index (χ1n) is 7.30. The first-order chi connectivity index (χ1) is 11.4. The van der Waals surface area contributed by atoms with Gasteiger partial charge >= 0.3 is 0 Å². The fourth-order valence-electron chi connectivity index (χ4n) is 2.07. The fourth-order valence-corrected chi connectivity index (χ4v) is 2.07. The van der Waals surface area contributed by atoms with E-state index in [1.807, 2.05) is 6.92 Å². The predicted molar refractivity (Wildman–Crippen MR) is 87.4 cm³/mol. The highest BCUT2D eigenvalue weighted by atomic mass is 16.5. The van der Waals surface area contributed by atoms with Crippen LogP contribution < -0.4 is 10.1 Å². The highest BCUT2D eigenvalue weighted by molar-refractivity contribution is 5.65. The number of methoxy groups -OCH3 is 1. The molecule has 0 saturated heterocycles. The number of aliphatic hydroxyl groups is 4. The summed E-state index contributed by atoms with van der Waals surface area (Å²) in [5.74, 6) is 0.355. The molecule has 0 heterocycles. The lowest BCUT2D eigenvalue weighted by molar-refractivity contribution is -0.178. The Kier molecular flexibility index (Phi) is 8.37. The van der Waals surface area contributed by atoms with Crippen molar-refractivity contribution in [3.63, 3.8) is 0 Å². The second-order valence-corrected chi connectivity index (χ2v) is 5.02. The molecule has 0 aromatic heterocycles. The number of hydrogen-bond acceptors (Lipinski definition) is 8. The molecule has 1 aromatic carbocycles. The van der Waals surface area contributed by atoms with Crippen LogP contribution in [0.4, 0.5) is 5.69 Å². The van der Waals surface area contributed by atoms with Crippen molar-refractivity contribution in [1.82, 2.24) is 0 Å². The first kappa shape index (κ1) is 20.1. The highest BCUT2D eigenvalue weighted by Crippen LogP contribution is 2.24. The number of carbonyl (C=O) groups excluding carboxylic acids is 1. The molecule has 1 rings (SSSR count). The Labute approximate surface area is 140 Å². The summed E-state index contributed by atoms with van der Waals surface area (Å²) in [4.78, 5) is 10.6. The van der Waals surface area contributed by atoms with Gasteiger partial charge in [-0.25, -0.2) is 0 Å². The Morgan fingerprint density at radius 3 is 2.46 bits per heavy atom. The van der Waals surface area contributed by atoms with Crippen LogP contribution in [0.25, 0.3) is 6.08 Å². The fraction of sp³-hybridized carbons (Fsp3) is 0.438. The average Bonchev–Trinajstić information content (AvgIpc) is 2.56. The molecule has 8 nitrogen and oxygen atoms in total. The number of allylic oxidation sites excluding steroid dienone is 1. The zero-order valence-corrected chi connectivity index (χ0v) is 13.5. The van der Waals surface area contributed by atoms with Gasteiger partial charge in [0.25, 0.3) is 6.47 Å². The largest absolute Gasteiger partial charge is 0.428 e. The molecule has 0 saturated carbocycles. The molecule has 0 spiro atoms. The molecular weight excluding hydrogens is 318 g/mol. The van der Waals surface area contributed by atoms with Crippen LogP contribution in [0.15, 0.2) is 24.3 Å². The van der Waals surface area contributed by atoms with E-state index in [2.05, 4.69) is 5.32 Å². The van der Waals surface area contributed by atoms with E-state index in [4.69, 9.17) is 19.7 Å². The van der Waals surface area contributed by atoms with Gasteiger partial charge in [-0.05, 0) is 19.1 Å². The summed E-state index contributed by atoms with van der Waals surface area (Å²) < 4.78 is 9.97. The van der Waals surface area contributed by atoms with Crippen LogP contribution in [0.5, 0.6) is 5.75 Å². The van der Waals surface area contributed by atoms with E-state index in [1.54, 1.807) is 30.4 Å². The van der Waals surface area contributed by atoms with Crippen molar-refractivity contribution in [2.75, 3.05) is 19.0 Å². The van der Waals surface area contributed by atoms with E-state index in [9.17, 15) is 15.0 Å². The van der Waals surface area contributed by atoms with Gasteiger partial charge in [0.15, 0.2) is 6.29 Å². The van der Waals surface area contributed by atoms with E-state index in [0.29, 0.717) is 17.9 Å². The predicted octanol–water partition coefficient (Wildman–Crippen LogP) is -0.286. The van der Waals surface area contributed by atoms with E-state index in [-0.39, 0.29) is 6.54 Å². The van der Waals surface area contributed by atoms with Gasteiger partial charge in [0.05, 0.1) is 0 Å². The molecule has 1 aromatic rings. The molecular formula is C16H23NO7. The third-order valence-electron chi connectivity index (χ3n) is 3.38. The van der Waals surface area contributed by atoms with Crippen molar-refractivity contribution >= 4 is 18.2 Å². The summed E-state index contributed by atoms with van der Waals surface area (Å²) in [6.45, 7) is 2.24. The standard InChI is InChI=1S/C16H23NO7/c1-3-4-10-5-6-11(7-12(10)24-9-18)17-8-13(23-2)14(19)15(20)16(21)22/h3-7,9,13-17,19-22H,8H2,1-2H3/b4-3-. The number of ether oxygens (including phenoxy) is 2. The number of anilines is 1. The third-order valence-corrected chi connectivity index (χ3v) is 3.38. The maximum Gasteiger partial charge on any atom is 0.298 e. The van der Waals surface area contributed by atoms with Gasteiger partial charge in [-0.1, -0.05) is 12.2 Å². The Morgan fingerprint density at radius 1 is 1.21 bits per heavy atom. The van der Waals surface area contributed by atoms with E-state index in [0.717, 1.165) is 5.56 Å². The lowest BCUT2D eigenvalue weighted by Crippen LogP contribution is -2.47. The third kappa shape index (κ3) is 5.59. The van der Waals surface area contributed by atoms with Crippen molar-refractivity contribution in [3.05, 3.63) is 29.8 Å². The summed E-state index contributed by atoms with van der Waals surface area (Å²) in [6, 6.07) is 5.08. The number of carbonyl (C=O) groups is 1. The molecule has 0 aliphatic heterocycles. The maximum absolute atomic E-state index is 10.6. The van der Waals surface area contributed by atoms with Gasteiger partial charge < -0.3 is 35.2 Å². The summed E-state index contributed by atoms with van der Waals surface area (Å²) in [6.07, 6.45) is -2.65. The lowest BCUT2D eigenvalue weighted by atomic mass is 10.1. The molecule has 0 aliphatic carbocycles. The minimum Gasteiger partial charge on any atom is -0.428 e. The summed E-state index contributed by atoms with van der Waals surface area (Å²) in [5, 5.41) is 40.1. The van der Waals surface area contributed by atoms with Crippen LogP contribution in [0, 0.1) is 0 Å². The van der Waals surface area contributed by atoms with E-state index < -0.39 is 24.6 Å². The number of rotatable bonds is 10. The van der Waals surface area contributed by atoms with Crippen LogP contribution in [0.2, 0.25) is 0 Å². The molecule has 3 unspecified atom stereocenters. The van der Waals surface area contributed by atoms with Crippen molar-refractivity contribution < 1.29 is 34.7 Å². The average molecular weight is 341 g/mol. The normalized spacial score (nSPS) is 15.3. The zero-order valence-electron chi connectivity index (χ0n) is 13.5. The van der Waals surface area contributed by atoms with Crippen molar-refractivity contribution in [2.24, 2.45) is 0 Å². The molecule has 0 radical (unpaired) electrons. The van der Waals surface area contributed by atoms with Crippen LogP contribution in [-0.4, -0.2) is 65.2 Å². The molecule has 134 valence electrons. The van der Waals surface area contributed by atoms with Crippen LogP contribution in [0.3, 0.4) is 0 Å². The zero-order chi connectivity index (χ0) is 18.1. The minimum atomic E-state index is -2.08. The summed E-state index contributed by atoms with van der Waals surface area (Å²) in [7, 11) is 1.32. The van der Waals surface area contributed by atoms with Crippen LogP contribution in [0.1, 0.15) is 12.5 Å². The first-order valence-corrected chi connectivity index (χ1v) is 7.30. The maximum atomic E-state index is 10.6. The van der Waals surface area contributed by atoms with Gasteiger partial charge in [-0.15, -0.1) is 0 Å². The second-order valence-electron chi connectivity index (χ2n) is 5.02. The quantitative estimate of drug-likeness (QED) is 0.290. The molecule has 0 bridgehead atoms. The smallest absolute Gasteiger partial charge is 0.298 e. The van der Waals surface area contributed by atoms with E-state index in [1.165, 1.54) is 7.11 Å². The Bertz CT molecular complexity index is 547. The summed E-state index contributed by atoms with van der Waals surface area (Å²) in [5.41, 5.74) is 1.31. The van der Waals surface area contributed by atoms with Gasteiger partial charge in [0.2, 0.25) is 0 Å².